The first-order valence-corrected chi connectivity index (χ1v) is 6.57. The van der Waals surface area contributed by atoms with Gasteiger partial charge < -0.3 is 10.6 Å². The maximum atomic E-state index is 13.5. The van der Waals surface area contributed by atoms with Crippen molar-refractivity contribution < 1.29 is 9.18 Å². The molecule has 104 valence electrons. The number of amides is 2. The van der Waals surface area contributed by atoms with Gasteiger partial charge in [-0.2, -0.15) is 0 Å². The highest BCUT2D eigenvalue weighted by Crippen LogP contribution is 2.18. The first-order valence-electron chi connectivity index (χ1n) is 6.19. The van der Waals surface area contributed by atoms with Crippen molar-refractivity contribution in [2.24, 2.45) is 0 Å². The lowest BCUT2D eigenvalue weighted by Gasteiger charge is -2.08. The van der Waals surface area contributed by atoms with Crippen molar-refractivity contribution in [3.63, 3.8) is 0 Å². The lowest BCUT2D eigenvalue weighted by molar-refractivity contribution is 0.252. The molecule has 5 heteroatoms. The van der Waals surface area contributed by atoms with Gasteiger partial charge in [-0.1, -0.05) is 41.9 Å². The van der Waals surface area contributed by atoms with Crippen LogP contribution in [0.3, 0.4) is 0 Å². The summed E-state index contributed by atoms with van der Waals surface area (Å²) < 4.78 is 13.5. The van der Waals surface area contributed by atoms with E-state index in [9.17, 15) is 9.18 Å². The zero-order valence-electron chi connectivity index (χ0n) is 10.7. The van der Waals surface area contributed by atoms with Crippen LogP contribution in [0.1, 0.15) is 5.56 Å². The number of benzene rings is 2. The van der Waals surface area contributed by atoms with E-state index in [1.54, 1.807) is 0 Å². The normalized spacial score (nSPS) is 10.1. The molecule has 0 saturated heterocycles. The minimum Gasteiger partial charge on any atom is -0.338 e. The van der Waals surface area contributed by atoms with Gasteiger partial charge in [-0.25, -0.2) is 9.18 Å². The number of carbonyl (C=O) groups is 1. The van der Waals surface area contributed by atoms with E-state index in [0.717, 1.165) is 18.1 Å². The Morgan fingerprint density at radius 1 is 1.15 bits per heavy atom. The maximum absolute atomic E-state index is 13.5. The molecule has 0 unspecified atom stereocenters. The quantitative estimate of drug-likeness (QED) is 0.883. The van der Waals surface area contributed by atoms with Crippen LogP contribution in [0, 0.1) is 5.82 Å². The molecular weight excluding hydrogens is 279 g/mol. The lowest BCUT2D eigenvalue weighted by Crippen LogP contribution is -2.30. The zero-order valence-corrected chi connectivity index (χ0v) is 11.5. The molecule has 0 aliphatic rings. The van der Waals surface area contributed by atoms with Crippen molar-refractivity contribution in [3.8, 4) is 0 Å². The van der Waals surface area contributed by atoms with Crippen LogP contribution in [0.4, 0.5) is 14.9 Å². The Bertz CT molecular complexity index is 590. The fourth-order valence-corrected chi connectivity index (χ4v) is 1.88. The van der Waals surface area contributed by atoms with Crippen molar-refractivity contribution in [2.45, 2.75) is 6.42 Å². The molecule has 3 nitrogen and oxygen atoms in total. The molecule has 0 spiro atoms. The molecule has 2 aromatic rings. The van der Waals surface area contributed by atoms with E-state index in [2.05, 4.69) is 10.6 Å². The highest BCUT2D eigenvalue weighted by atomic mass is 35.5. The van der Waals surface area contributed by atoms with Crippen LogP contribution in [0.15, 0.2) is 48.5 Å². The summed E-state index contributed by atoms with van der Waals surface area (Å²) in [6, 6.07) is 13.4. The van der Waals surface area contributed by atoms with Crippen molar-refractivity contribution in [3.05, 3.63) is 64.9 Å². The third kappa shape index (κ3) is 4.24. The molecule has 2 rings (SSSR count). The van der Waals surface area contributed by atoms with E-state index in [-0.39, 0.29) is 10.7 Å². The molecule has 2 aromatic carbocycles. The van der Waals surface area contributed by atoms with Crippen LogP contribution in [0.2, 0.25) is 5.02 Å². The highest BCUT2D eigenvalue weighted by Gasteiger charge is 2.06. The first-order chi connectivity index (χ1) is 9.65. The Balaban J connectivity index is 1.81. The third-order valence-electron chi connectivity index (χ3n) is 2.72. The number of urea groups is 1. The van der Waals surface area contributed by atoms with E-state index in [1.807, 2.05) is 30.3 Å². The van der Waals surface area contributed by atoms with Gasteiger partial charge in [-0.3, -0.25) is 0 Å². The smallest absolute Gasteiger partial charge is 0.319 e. The summed E-state index contributed by atoms with van der Waals surface area (Å²) in [7, 11) is 0. The largest absolute Gasteiger partial charge is 0.338 e. The predicted molar refractivity (Wildman–Crippen MR) is 78.6 cm³/mol. The van der Waals surface area contributed by atoms with E-state index < -0.39 is 11.8 Å². The van der Waals surface area contributed by atoms with Crippen molar-refractivity contribution in [2.75, 3.05) is 11.9 Å². The van der Waals surface area contributed by atoms with Gasteiger partial charge in [-0.15, -0.1) is 0 Å². The Labute approximate surface area is 121 Å². The Hall–Kier alpha value is -2.07. The van der Waals surface area contributed by atoms with Gasteiger partial charge >= 0.3 is 6.03 Å². The molecular formula is C15H14ClFN2O. The molecule has 0 saturated carbocycles. The van der Waals surface area contributed by atoms with E-state index in [0.29, 0.717) is 6.54 Å². The first kappa shape index (κ1) is 14.3. The van der Waals surface area contributed by atoms with Crippen LogP contribution in [0.25, 0.3) is 0 Å². The van der Waals surface area contributed by atoms with Gasteiger partial charge in [0.2, 0.25) is 0 Å². The molecule has 0 heterocycles. The average molecular weight is 293 g/mol. The predicted octanol–water partition coefficient (Wildman–Crippen LogP) is 3.84. The molecule has 20 heavy (non-hydrogen) atoms. The fourth-order valence-electron chi connectivity index (χ4n) is 1.72. The van der Waals surface area contributed by atoms with Crippen LogP contribution in [-0.4, -0.2) is 12.6 Å². The number of halogens is 2. The number of anilines is 1. The van der Waals surface area contributed by atoms with Crippen molar-refractivity contribution >= 4 is 23.3 Å². The topological polar surface area (TPSA) is 41.1 Å². The Kier molecular flexibility index (Phi) is 4.96. The Morgan fingerprint density at radius 3 is 2.60 bits per heavy atom. The minimum atomic E-state index is -0.560. The second-order valence-corrected chi connectivity index (χ2v) is 4.68. The summed E-state index contributed by atoms with van der Waals surface area (Å²) in [5.41, 5.74) is 1.23. The molecule has 2 amide bonds. The minimum absolute atomic E-state index is 0.103. The summed E-state index contributed by atoms with van der Waals surface area (Å²) in [5.74, 6) is -0.560. The van der Waals surface area contributed by atoms with E-state index in [1.165, 1.54) is 12.1 Å². The lowest BCUT2D eigenvalue weighted by atomic mass is 10.1. The fraction of sp³-hybridized carbons (Fsp3) is 0.133. The molecule has 0 fully saturated rings. The monoisotopic (exact) mass is 292 g/mol. The average Bonchev–Trinajstić information content (AvgIpc) is 2.43. The van der Waals surface area contributed by atoms with Gasteiger partial charge in [-0.05, 0) is 30.2 Å². The van der Waals surface area contributed by atoms with Crippen LogP contribution in [-0.2, 0) is 6.42 Å². The SMILES string of the molecule is O=C(NCCc1ccccc1)Nc1ccc(Cl)cc1F. The summed E-state index contributed by atoms with van der Waals surface area (Å²) in [4.78, 5) is 11.6. The highest BCUT2D eigenvalue weighted by molar-refractivity contribution is 6.30. The molecule has 0 radical (unpaired) electrons. The number of carbonyl (C=O) groups excluding carboxylic acids is 1. The van der Waals surface area contributed by atoms with E-state index in [4.69, 9.17) is 11.6 Å². The molecule has 0 aromatic heterocycles. The number of hydrogen-bond donors (Lipinski definition) is 2. The molecule has 0 bridgehead atoms. The van der Waals surface area contributed by atoms with Crippen molar-refractivity contribution in [1.82, 2.24) is 5.32 Å². The maximum Gasteiger partial charge on any atom is 0.319 e. The molecule has 2 N–H and O–H groups in total. The van der Waals surface area contributed by atoms with Crippen molar-refractivity contribution in [1.29, 1.82) is 0 Å². The van der Waals surface area contributed by atoms with Crippen LogP contribution >= 0.6 is 11.6 Å². The summed E-state index contributed by atoms with van der Waals surface area (Å²) >= 11 is 5.64. The molecule has 0 atom stereocenters. The zero-order chi connectivity index (χ0) is 14.4. The summed E-state index contributed by atoms with van der Waals surface area (Å²) in [6.45, 7) is 0.477. The molecule has 0 aliphatic heterocycles. The molecule has 0 aliphatic carbocycles. The van der Waals surface area contributed by atoms with Crippen LogP contribution in [0.5, 0.6) is 0 Å². The third-order valence-corrected chi connectivity index (χ3v) is 2.96. The standard InChI is InChI=1S/C15H14ClFN2O/c16-12-6-7-14(13(17)10-12)19-15(20)18-9-8-11-4-2-1-3-5-11/h1-7,10H,8-9H2,(H2,18,19,20). The number of hydrogen-bond acceptors (Lipinski definition) is 1. The van der Waals surface area contributed by atoms with Gasteiger partial charge in [0.1, 0.15) is 5.82 Å². The summed E-state index contributed by atoms with van der Waals surface area (Å²) in [6.07, 6.45) is 0.720. The van der Waals surface area contributed by atoms with Gasteiger partial charge in [0.05, 0.1) is 5.69 Å². The van der Waals surface area contributed by atoms with Gasteiger partial charge in [0.15, 0.2) is 0 Å². The van der Waals surface area contributed by atoms with Crippen LogP contribution < -0.4 is 10.6 Å². The number of nitrogens with one attached hydrogen (secondary N) is 2. The summed E-state index contributed by atoms with van der Waals surface area (Å²) in [5, 5.41) is 5.40. The number of rotatable bonds is 4. The second kappa shape index (κ2) is 6.91. The second-order valence-electron chi connectivity index (χ2n) is 4.24. The van der Waals surface area contributed by atoms with Gasteiger partial charge in [0.25, 0.3) is 0 Å². The van der Waals surface area contributed by atoms with E-state index >= 15 is 0 Å². The Morgan fingerprint density at radius 2 is 1.90 bits per heavy atom. The van der Waals surface area contributed by atoms with Gasteiger partial charge in [0, 0.05) is 11.6 Å².